The second-order valence-electron chi connectivity index (χ2n) is 9.07. The number of carbonyl (C=O) groups is 1. The molecule has 7 heteroatoms. The van der Waals surface area contributed by atoms with E-state index >= 15 is 0 Å². The van der Waals surface area contributed by atoms with Crippen LogP contribution in [0.25, 0.3) is 31.6 Å². The van der Waals surface area contributed by atoms with Gasteiger partial charge in [0, 0.05) is 73.5 Å². The van der Waals surface area contributed by atoms with E-state index in [1.165, 1.54) is 21.4 Å². The lowest BCUT2D eigenvalue weighted by Crippen LogP contribution is -2.47. The van der Waals surface area contributed by atoms with E-state index < -0.39 is 0 Å². The number of aromatic amines is 1. The maximum atomic E-state index is 11.5. The quantitative estimate of drug-likeness (QED) is 0.330. The molecule has 0 saturated carbocycles. The summed E-state index contributed by atoms with van der Waals surface area (Å²) in [6, 6.07) is 21.5. The maximum Gasteiger partial charge on any atom is 0.219 e. The molecule has 0 spiro atoms. The molecule has 0 bridgehead atoms. The van der Waals surface area contributed by atoms with Crippen molar-refractivity contribution in [2.75, 3.05) is 31.5 Å². The van der Waals surface area contributed by atoms with Crippen LogP contribution in [0.5, 0.6) is 0 Å². The molecule has 6 nitrogen and oxygen atoms in total. The average Bonchev–Trinajstić information content (AvgIpc) is 3.52. The SMILES string of the molecule is CC(=O)N1CCN(Cc2ccc(-c3cc4nccc(Nc5ccc6[nH]ccc6c5)c4s3)cc2)CC1. The predicted octanol–water partition coefficient (Wildman–Crippen LogP) is 5.85. The van der Waals surface area contributed by atoms with Gasteiger partial charge in [-0.2, -0.15) is 0 Å². The summed E-state index contributed by atoms with van der Waals surface area (Å²) in [4.78, 5) is 25.0. The minimum atomic E-state index is 0.173. The fraction of sp³-hybridized carbons (Fsp3) is 0.214. The Hall–Kier alpha value is -3.68. The molecule has 35 heavy (non-hydrogen) atoms. The third-order valence-corrected chi connectivity index (χ3v) is 7.91. The Kier molecular flexibility index (Phi) is 5.72. The Bertz CT molecular complexity index is 1500. The van der Waals surface area contributed by atoms with Crippen LogP contribution >= 0.6 is 11.3 Å². The van der Waals surface area contributed by atoms with E-state index in [9.17, 15) is 4.79 Å². The number of rotatable bonds is 5. The highest BCUT2D eigenvalue weighted by atomic mass is 32.1. The first-order valence-electron chi connectivity index (χ1n) is 11.9. The zero-order valence-corrected chi connectivity index (χ0v) is 20.4. The molecule has 1 fully saturated rings. The summed E-state index contributed by atoms with van der Waals surface area (Å²) in [6.07, 6.45) is 3.83. The van der Waals surface area contributed by atoms with Crippen molar-refractivity contribution >= 4 is 49.7 Å². The smallest absolute Gasteiger partial charge is 0.219 e. The van der Waals surface area contributed by atoms with Gasteiger partial charge in [0.2, 0.25) is 5.91 Å². The highest BCUT2D eigenvalue weighted by molar-refractivity contribution is 7.22. The minimum absolute atomic E-state index is 0.173. The van der Waals surface area contributed by atoms with Crippen molar-refractivity contribution in [3.8, 4) is 10.4 Å². The lowest BCUT2D eigenvalue weighted by molar-refractivity contribution is -0.130. The molecule has 2 aromatic carbocycles. The number of hydrogen-bond donors (Lipinski definition) is 2. The summed E-state index contributed by atoms with van der Waals surface area (Å²) in [5.41, 5.74) is 6.78. The van der Waals surface area contributed by atoms with Gasteiger partial charge in [-0.05, 0) is 47.5 Å². The number of hydrogen-bond acceptors (Lipinski definition) is 5. The van der Waals surface area contributed by atoms with Crippen molar-refractivity contribution < 1.29 is 4.79 Å². The van der Waals surface area contributed by atoms with Gasteiger partial charge in [-0.25, -0.2) is 0 Å². The van der Waals surface area contributed by atoms with Gasteiger partial charge >= 0.3 is 0 Å². The van der Waals surface area contributed by atoms with Crippen molar-refractivity contribution in [2.24, 2.45) is 0 Å². The Balaban J connectivity index is 1.19. The topological polar surface area (TPSA) is 64.3 Å². The molecule has 4 heterocycles. The van der Waals surface area contributed by atoms with E-state index in [2.05, 4.69) is 74.8 Å². The maximum absolute atomic E-state index is 11.5. The molecule has 1 aliphatic rings. The lowest BCUT2D eigenvalue weighted by atomic mass is 10.1. The lowest BCUT2D eigenvalue weighted by Gasteiger charge is -2.34. The second-order valence-corrected chi connectivity index (χ2v) is 10.1. The van der Waals surface area contributed by atoms with Gasteiger partial charge in [0.15, 0.2) is 0 Å². The molecule has 0 aliphatic carbocycles. The molecule has 0 radical (unpaired) electrons. The standard InChI is InChI=1S/C28H27N5OS/c1-19(34)33-14-12-32(13-15-33)18-20-2-4-21(5-3-20)27-17-26-28(35-27)25(9-11-30-26)31-23-6-7-24-22(16-23)8-10-29-24/h2-11,16-17,29H,12-15,18H2,1H3,(H,30,31). The molecule has 1 amide bonds. The first-order chi connectivity index (χ1) is 17.1. The molecule has 0 atom stereocenters. The first-order valence-corrected chi connectivity index (χ1v) is 12.7. The summed E-state index contributed by atoms with van der Waals surface area (Å²) in [5, 5.41) is 4.77. The van der Waals surface area contributed by atoms with Gasteiger partial charge in [-0.1, -0.05) is 24.3 Å². The third kappa shape index (κ3) is 4.52. The number of fused-ring (bicyclic) bond motifs is 2. The number of nitrogens with zero attached hydrogens (tertiary/aromatic N) is 3. The molecule has 6 rings (SSSR count). The van der Waals surface area contributed by atoms with Gasteiger partial charge < -0.3 is 15.2 Å². The van der Waals surface area contributed by atoms with Crippen molar-refractivity contribution in [2.45, 2.75) is 13.5 Å². The third-order valence-electron chi connectivity index (χ3n) is 6.71. The van der Waals surface area contributed by atoms with E-state index in [4.69, 9.17) is 0 Å². The van der Waals surface area contributed by atoms with Crippen molar-refractivity contribution in [1.82, 2.24) is 19.8 Å². The van der Waals surface area contributed by atoms with Crippen LogP contribution in [0.1, 0.15) is 12.5 Å². The van der Waals surface area contributed by atoms with Gasteiger partial charge in [0.25, 0.3) is 0 Å². The largest absolute Gasteiger partial charge is 0.361 e. The molecule has 0 unspecified atom stereocenters. The van der Waals surface area contributed by atoms with E-state index in [1.54, 1.807) is 18.3 Å². The normalized spacial score (nSPS) is 14.6. The van der Waals surface area contributed by atoms with Crippen LogP contribution in [0.15, 0.2) is 73.1 Å². The van der Waals surface area contributed by atoms with Crippen LogP contribution in [0.3, 0.4) is 0 Å². The van der Waals surface area contributed by atoms with E-state index in [0.29, 0.717) is 0 Å². The number of nitrogens with one attached hydrogen (secondary N) is 2. The van der Waals surface area contributed by atoms with Crippen LogP contribution in [0.2, 0.25) is 0 Å². The van der Waals surface area contributed by atoms with Crippen LogP contribution in [-0.2, 0) is 11.3 Å². The van der Waals surface area contributed by atoms with Crippen LogP contribution in [0.4, 0.5) is 11.4 Å². The number of anilines is 2. The van der Waals surface area contributed by atoms with E-state index in [1.807, 2.05) is 23.4 Å². The number of H-pyrrole nitrogens is 1. The summed E-state index contributed by atoms with van der Waals surface area (Å²) < 4.78 is 1.16. The van der Waals surface area contributed by atoms with Gasteiger partial charge in [0.05, 0.1) is 15.9 Å². The van der Waals surface area contributed by atoms with Crippen LogP contribution in [0, 0.1) is 0 Å². The predicted molar refractivity (Wildman–Crippen MR) is 144 cm³/mol. The summed E-state index contributed by atoms with van der Waals surface area (Å²) in [7, 11) is 0. The average molecular weight is 482 g/mol. The highest BCUT2D eigenvalue weighted by Crippen LogP contribution is 2.37. The van der Waals surface area contributed by atoms with Crippen LogP contribution < -0.4 is 5.32 Å². The molecule has 176 valence electrons. The van der Waals surface area contributed by atoms with Crippen molar-refractivity contribution in [1.29, 1.82) is 0 Å². The van der Waals surface area contributed by atoms with Crippen LogP contribution in [-0.4, -0.2) is 51.9 Å². The number of thiophene rings is 1. The van der Waals surface area contributed by atoms with Crippen molar-refractivity contribution in [3.05, 3.63) is 78.6 Å². The molecule has 1 saturated heterocycles. The Morgan fingerprint density at radius 2 is 1.86 bits per heavy atom. The fourth-order valence-electron chi connectivity index (χ4n) is 4.72. The Labute approximate surface area is 208 Å². The van der Waals surface area contributed by atoms with E-state index in [0.717, 1.165) is 59.8 Å². The van der Waals surface area contributed by atoms with Gasteiger partial charge in [-0.3, -0.25) is 14.7 Å². The molecule has 1 aliphatic heterocycles. The van der Waals surface area contributed by atoms with E-state index in [-0.39, 0.29) is 5.91 Å². The molecule has 3 aromatic heterocycles. The second kappa shape index (κ2) is 9.17. The number of carbonyl (C=O) groups excluding carboxylic acids is 1. The molecular weight excluding hydrogens is 454 g/mol. The van der Waals surface area contributed by atoms with Gasteiger partial charge in [-0.15, -0.1) is 11.3 Å². The summed E-state index contributed by atoms with van der Waals surface area (Å²) in [6.45, 7) is 6.06. The molecule has 5 aromatic rings. The highest BCUT2D eigenvalue weighted by Gasteiger charge is 2.18. The summed E-state index contributed by atoms with van der Waals surface area (Å²) >= 11 is 1.77. The monoisotopic (exact) mass is 481 g/mol. The minimum Gasteiger partial charge on any atom is -0.361 e. The van der Waals surface area contributed by atoms with Gasteiger partial charge in [0.1, 0.15) is 0 Å². The first kappa shape index (κ1) is 21.8. The zero-order chi connectivity index (χ0) is 23.8. The number of pyridine rings is 1. The summed E-state index contributed by atoms with van der Waals surface area (Å²) in [5.74, 6) is 0.173. The molecule has 2 N–H and O–H groups in total. The fourth-order valence-corrected chi connectivity index (χ4v) is 5.81. The number of aromatic nitrogens is 2. The Morgan fingerprint density at radius 3 is 2.66 bits per heavy atom. The number of piperazine rings is 1. The van der Waals surface area contributed by atoms with Crippen molar-refractivity contribution in [3.63, 3.8) is 0 Å². The zero-order valence-electron chi connectivity index (χ0n) is 19.6. The molecular formula is C28H27N5OS. The number of benzene rings is 2. The number of amides is 1. The Morgan fingerprint density at radius 1 is 1.03 bits per heavy atom.